The number of guanidine groups is 1. The summed E-state index contributed by atoms with van der Waals surface area (Å²) in [6, 6.07) is 0.302. The molecule has 0 bridgehead atoms. The Hall–Kier alpha value is -1.79. The minimum Gasteiger partial charge on any atom is -0.357 e. The lowest BCUT2D eigenvalue weighted by molar-refractivity contribution is -0.130. The van der Waals surface area contributed by atoms with E-state index in [4.69, 9.17) is 4.99 Å². The molecular formula is C18H33N5O2. The van der Waals surface area contributed by atoms with E-state index in [1.54, 1.807) is 6.92 Å². The van der Waals surface area contributed by atoms with Gasteiger partial charge >= 0.3 is 0 Å². The van der Waals surface area contributed by atoms with Crippen molar-refractivity contribution in [3.63, 3.8) is 0 Å². The quantitative estimate of drug-likeness (QED) is 0.570. The van der Waals surface area contributed by atoms with Gasteiger partial charge in [0.1, 0.15) is 0 Å². The second-order valence-electron chi connectivity index (χ2n) is 6.77. The summed E-state index contributed by atoms with van der Waals surface area (Å²) < 4.78 is 0. The number of likely N-dealkylation sites (tertiary alicyclic amines) is 1. The molecule has 7 nitrogen and oxygen atoms in total. The van der Waals surface area contributed by atoms with E-state index in [-0.39, 0.29) is 5.91 Å². The number of hydrogen-bond donors (Lipinski definition) is 1. The average molecular weight is 351 g/mol. The number of carbonyl (C=O) groups excluding carboxylic acids is 2. The van der Waals surface area contributed by atoms with Crippen LogP contribution in [0.25, 0.3) is 0 Å². The highest BCUT2D eigenvalue weighted by Crippen LogP contribution is 2.18. The smallest absolute Gasteiger partial charge is 0.222 e. The Bertz CT molecular complexity index is 486. The third-order valence-electron chi connectivity index (χ3n) is 5.11. The van der Waals surface area contributed by atoms with Crippen molar-refractivity contribution in [2.45, 2.75) is 52.5 Å². The van der Waals surface area contributed by atoms with Crippen LogP contribution in [0.2, 0.25) is 0 Å². The van der Waals surface area contributed by atoms with Crippen molar-refractivity contribution in [3.05, 3.63) is 0 Å². The van der Waals surface area contributed by atoms with Crippen molar-refractivity contribution in [2.24, 2.45) is 4.99 Å². The molecule has 0 aromatic carbocycles. The molecule has 2 saturated heterocycles. The number of carbonyl (C=O) groups is 2. The van der Waals surface area contributed by atoms with Crippen molar-refractivity contribution >= 4 is 17.8 Å². The van der Waals surface area contributed by atoms with Gasteiger partial charge in [0.05, 0.1) is 0 Å². The molecule has 0 radical (unpaired) electrons. The highest BCUT2D eigenvalue weighted by atomic mass is 16.2. The van der Waals surface area contributed by atoms with Crippen LogP contribution in [0.1, 0.15) is 46.5 Å². The van der Waals surface area contributed by atoms with Gasteiger partial charge in [0, 0.05) is 65.2 Å². The lowest BCUT2D eigenvalue weighted by Gasteiger charge is -2.36. The van der Waals surface area contributed by atoms with Crippen molar-refractivity contribution in [2.75, 3.05) is 45.8 Å². The Morgan fingerprint density at radius 3 is 2.36 bits per heavy atom. The lowest BCUT2D eigenvalue weighted by atomic mass is 10.1. The maximum atomic E-state index is 11.9. The van der Waals surface area contributed by atoms with Crippen LogP contribution in [0.15, 0.2) is 4.99 Å². The monoisotopic (exact) mass is 351 g/mol. The van der Waals surface area contributed by atoms with E-state index in [9.17, 15) is 9.59 Å². The Kier molecular flexibility index (Phi) is 7.52. The van der Waals surface area contributed by atoms with Crippen molar-refractivity contribution < 1.29 is 9.59 Å². The molecular weight excluding hydrogens is 318 g/mol. The molecule has 2 aliphatic rings. The number of nitrogens with zero attached hydrogens (tertiary/aromatic N) is 4. The van der Waals surface area contributed by atoms with Crippen LogP contribution in [0.4, 0.5) is 0 Å². The maximum absolute atomic E-state index is 11.9. The normalized spacial score (nSPS) is 20.2. The molecule has 2 rings (SSSR count). The third-order valence-corrected chi connectivity index (χ3v) is 5.11. The van der Waals surface area contributed by atoms with Crippen molar-refractivity contribution in [1.82, 2.24) is 20.0 Å². The Morgan fingerprint density at radius 2 is 1.84 bits per heavy atom. The summed E-state index contributed by atoms with van der Waals surface area (Å²) in [7, 11) is 0. The zero-order chi connectivity index (χ0) is 18.2. The molecule has 1 N–H and O–H groups in total. The third kappa shape index (κ3) is 5.34. The molecule has 2 aliphatic heterocycles. The summed E-state index contributed by atoms with van der Waals surface area (Å²) in [5, 5.41) is 3.36. The second kappa shape index (κ2) is 9.63. The van der Waals surface area contributed by atoms with E-state index in [1.807, 2.05) is 9.80 Å². The van der Waals surface area contributed by atoms with Gasteiger partial charge in [-0.15, -0.1) is 0 Å². The van der Waals surface area contributed by atoms with Gasteiger partial charge in [0.2, 0.25) is 11.8 Å². The SMILES string of the molecule is CCNC(=NCCC(CC)N1CCCC1=O)N1CCN(C(C)=O)CC1. The molecule has 1 atom stereocenters. The molecule has 25 heavy (non-hydrogen) atoms. The van der Waals surface area contributed by atoms with Gasteiger partial charge in [-0.05, 0) is 26.2 Å². The first-order valence-corrected chi connectivity index (χ1v) is 9.65. The number of aliphatic imine (C=N–C) groups is 1. The summed E-state index contributed by atoms with van der Waals surface area (Å²) in [6.45, 7) is 11.4. The maximum Gasteiger partial charge on any atom is 0.222 e. The van der Waals surface area contributed by atoms with E-state index in [1.165, 1.54) is 0 Å². The first-order chi connectivity index (χ1) is 12.1. The molecule has 2 fully saturated rings. The molecule has 2 heterocycles. The zero-order valence-electron chi connectivity index (χ0n) is 16.0. The molecule has 0 aromatic rings. The second-order valence-corrected chi connectivity index (χ2v) is 6.77. The van der Waals surface area contributed by atoms with Gasteiger partial charge < -0.3 is 20.0 Å². The zero-order valence-corrected chi connectivity index (χ0v) is 16.0. The molecule has 142 valence electrons. The minimum absolute atomic E-state index is 0.141. The first-order valence-electron chi connectivity index (χ1n) is 9.65. The minimum atomic E-state index is 0.141. The molecule has 7 heteroatoms. The van der Waals surface area contributed by atoms with Crippen LogP contribution in [-0.2, 0) is 9.59 Å². The Balaban J connectivity index is 1.88. The molecule has 0 aromatic heterocycles. The summed E-state index contributed by atoms with van der Waals surface area (Å²) >= 11 is 0. The van der Waals surface area contributed by atoms with Crippen LogP contribution in [0, 0.1) is 0 Å². The fourth-order valence-corrected chi connectivity index (χ4v) is 3.61. The molecule has 0 spiro atoms. The van der Waals surface area contributed by atoms with E-state index < -0.39 is 0 Å². The number of piperazine rings is 1. The largest absolute Gasteiger partial charge is 0.357 e. The first kappa shape index (κ1) is 19.5. The number of nitrogens with one attached hydrogen (secondary N) is 1. The standard InChI is InChI=1S/C18H33N5O2/c1-4-16(23-10-6-7-17(23)25)8-9-20-18(19-5-2)22-13-11-21(12-14-22)15(3)24/h16H,4-14H2,1-3H3,(H,19,20). The van der Waals surface area contributed by atoms with Gasteiger partial charge in [-0.25, -0.2) is 0 Å². The van der Waals surface area contributed by atoms with Gasteiger partial charge in [0.15, 0.2) is 5.96 Å². The Labute approximate surface area is 151 Å². The van der Waals surface area contributed by atoms with E-state index in [2.05, 4.69) is 24.1 Å². The van der Waals surface area contributed by atoms with Crippen LogP contribution < -0.4 is 5.32 Å². The highest BCUT2D eigenvalue weighted by Gasteiger charge is 2.26. The van der Waals surface area contributed by atoms with Gasteiger partial charge in [-0.1, -0.05) is 6.92 Å². The van der Waals surface area contributed by atoms with Crippen LogP contribution in [-0.4, -0.2) is 84.3 Å². The van der Waals surface area contributed by atoms with Gasteiger partial charge in [0.25, 0.3) is 0 Å². The average Bonchev–Trinajstić information content (AvgIpc) is 3.04. The summed E-state index contributed by atoms with van der Waals surface area (Å²) in [5.74, 6) is 1.36. The number of rotatable bonds is 6. The molecule has 1 unspecified atom stereocenters. The summed E-state index contributed by atoms with van der Waals surface area (Å²) in [6.07, 6.45) is 3.57. The van der Waals surface area contributed by atoms with Gasteiger partial charge in [-0.2, -0.15) is 0 Å². The van der Waals surface area contributed by atoms with Crippen LogP contribution in [0.5, 0.6) is 0 Å². The number of hydrogen-bond acceptors (Lipinski definition) is 3. The van der Waals surface area contributed by atoms with E-state index in [0.29, 0.717) is 18.4 Å². The number of amides is 2. The molecule has 2 amide bonds. The predicted molar refractivity (Wildman–Crippen MR) is 99.4 cm³/mol. The highest BCUT2D eigenvalue weighted by molar-refractivity contribution is 5.81. The summed E-state index contributed by atoms with van der Waals surface area (Å²) in [5.41, 5.74) is 0. The summed E-state index contributed by atoms with van der Waals surface area (Å²) in [4.78, 5) is 34.3. The van der Waals surface area contributed by atoms with Crippen LogP contribution in [0.3, 0.4) is 0 Å². The Morgan fingerprint density at radius 1 is 1.16 bits per heavy atom. The molecule has 0 saturated carbocycles. The lowest BCUT2D eigenvalue weighted by Crippen LogP contribution is -2.53. The van der Waals surface area contributed by atoms with Crippen molar-refractivity contribution in [3.8, 4) is 0 Å². The fourth-order valence-electron chi connectivity index (χ4n) is 3.61. The topological polar surface area (TPSA) is 68.2 Å². The fraction of sp³-hybridized carbons (Fsp3) is 0.833. The van der Waals surface area contributed by atoms with E-state index in [0.717, 1.165) is 71.0 Å². The van der Waals surface area contributed by atoms with Crippen molar-refractivity contribution in [1.29, 1.82) is 0 Å². The van der Waals surface area contributed by atoms with Gasteiger partial charge in [-0.3, -0.25) is 14.6 Å². The predicted octanol–water partition coefficient (Wildman–Crippen LogP) is 0.907. The van der Waals surface area contributed by atoms with Crippen LogP contribution >= 0.6 is 0 Å². The molecule has 0 aliphatic carbocycles. The van der Waals surface area contributed by atoms with E-state index >= 15 is 0 Å².